The van der Waals surface area contributed by atoms with Gasteiger partial charge in [0.05, 0.1) is 0 Å². The molecule has 0 bridgehead atoms. The van der Waals surface area contributed by atoms with Crippen molar-refractivity contribution < 1.29 is 9.22 Å². The van der Waals surface area contributed by atoms with E-state index in [0.717, 1.165) is 17.6 Å². The number of hydrogen-bond acceptors (Lipinski definition) is 2. The van der Waals surface area contributed by atoms with E-state index in [1.807, 2.05) is 25.1 Å². The maximum absolute atomic E-state index is 10.8. The second-order valence-electron chi connectivity index (χ2n) is 6.01. The second-order valence-corrected chi connectivity index (χ2v) is 10.7. The van der Waals surface area contributed by atoms with Crippen molar-refractivity contribution in [1.82, 2.24) is 0 Å². The van der Waals surface area contributed by atoms with Gasteiger partial charge in [0.1, 0.15) is 12.0 Å². The highest BCUT2D eigenvalue weighted by Gasteiger charge is 2.39. The van der Waals surface area contributed by atoms with E-state index in [2.05, 4.69) is 33.9 Å². The summed E-state index contributed by atoms with van der Waals surface area (Å²) in [5.41, 5.74) is 1.75. The Hall–Kier alpha value is -1.09. The zero-order chi connectivity index (χ0) is 13.3. The van der Waals surface area contributed by atoms with Crippen LogP contribution in [0.15, 0.2) is 18.2 Å². The van der Waals surface area contributed by atoms with E-state index in [0.29, 0.717) is 5.56 Å². The first kappa shape index (κ1) is 14.0. The molecule has 17 heavy (non-hydrogen) atoms. The maximum Gasteiger partial charge on any atom is 0.250 e. The monoisotopic (exact) mass is 250 g/mol. The minimum Gasteiger partial charge on any atom is -0.543 e. The summed E-state index contributed by atoms with van der Waals surface area (Å²) in [4.78, 5) is 10.8. The number of aldehydes is 1. The third kappa shape index (κ3) is 3.19. The molecule has 1 aromatic rings. The number of aryl methyl sites for hydroxylation is 1. The number of benzene rings is 1. The number of rotatable bonds is 3. The molecule has 0 spiro atoms. The summed E-state index contributed by atoms with van der Waals surface area (Å²) in [6, 6.07) is 5.59. The van der Waals surface area contributed by atoms with Gasteiger partial charge in [-0.1, -0.05) is 32.9 Å². The van der Waals surface area contributed by atoms with Gasteiger partial charge in [0.2, 0.25) is 8.32 Å². The van der Waals surface area contributed by atoms with Crippen molar-refractivity contribution in [2.45, 2.75) is 45.8 Å². The molecule has 94 valence electrons. The van der Waals surface area contributed by atoms with Crippen molar-refractivity contribution in [1.29, 1.82) is 0 Å². The summed E-state index contributed by atoms with van der Waals surface area (Å²) in [5, 5.41) is 0.163. The molecule has 0 atom stereocenters. The summed E-state index contributed by atoms with van der Waals surface area (Å²) >= 11 is 0. The first-order valence-electron chi connectivity index (χ1n) is 5.92. The molecule has 0 N–H and O–H groups in total. The highest BCUT2D eigenvalue weighted by Crippen LogP contribution is 2.38. The van der Waals surface area contributed by atoms with Crippen molar-refractivity contribution >= 4 is 14.6 Å². The third-order valence-corrected chi connectivity index (χ3v) is 7.86. The van der Waals surface area contributed by atoms with Crippen LogP contribution in [-0.2, 0) is 0 Å². The maximum atomic E-state index is 10.8. The lowest BCUT2D eigenvalue weighted by Crippen LogP contribution is -2.44. The predicted octanol–water partition coefficient (Wildman–Crippen LogP) is 4.19. The average molecular weight is 250 g/mol. The SMILES string of the molecule is Cc1ccc(C=O)cc1O[Si](C)(C)C(C)(C)C. The summed E-state index contributed by atoms with van der Waals surface area (Å²) in [6.07, 6.45) is 0.859. The lowest BCUT2D eigenvalue weighted by Gasteiger charge is -2.37. The summed E-state index contributed by atoms with van der Waals surface area (Å²) < 4.78 is 6.22. The van der Waals surface area contributed by atoms with Gasteiger partial charge in [-0.05, 0) is 36.7 Å². The fourth-order valence-corrected chi connectivity index (χ4v) is 2.30. The van der Waals surface area contributed by atoms with Gasteiger partial charge in [-0.3, -0.25) is 4.79 Å². The molecular weight excluding hydrogens is 228 g/mol. The van der Waals surface area contributed by atoms with E-state index in [9.17, 15) is 4.79 Å². The van der Waals surface area contributed by atoms with E-state index in [1.54, 1.807) is 0 Å². The number of carbonyl (C=O) groups excluding carboxylic acids is 1. The highest BCUT2D eigenvalue weighted by atomic mass is 28.4. The molecule has 0 saturated carbocycles. The molecule has 1 aromatic carbocycles. The normalized spacial score (nSPS) is 12.4. The zero-order valence-electron chi connectivity index (χ0n) is 11.6. The van der Waals surface area contributed by atoms with Gasteiger partial charge in [0, 0.05) is 5.56 Å². The molecule has 0 heterocycles. The van der Waals surface area contributed by atoms with Crippen LogP contribution >= 0.6 is 0 Å². The van der Waals surface area contributed by atoms with Crippen LogP contribution in [0.3, 0.4) is 0 Å². The van der Waals surface area contributed by atoms with Gasteiger partial charge in [-0.25, -0.2) is 0 Å². The fraction of sp³-hybridized carbons (Fsp3) is 0.500. The van der Waals surface area contributed by atoms with Crippen LogP contribution in [-0.4, -0.2) is 14.6 Å². The van der Waals surface area contributed by atoms with E-state index < -0.39 is 8.32 Å². The molecule has 2 nitrogen and oxygen atoms in total. The van der Waals surface area contributed by atoms with Crippen molar-refractivity contribution in [3.8, 4) is 5.75 Å². The lowest BCUT2D eigenvalue weighted by molar-refractivity contribution is 0.112. The molecule has 0 aliphatic heterocycles. The van der Waals surface area contributed by atoms with Crippen LogP contribution in [0.1, 0.15) is 36.7 Å². The van der Waals surface area contributed by atoms with Gasteiger partial charge >= 0.3 is 0 Å². The van der Waals surface area contributed by atoms with Crippen molar-refractivity contribution in [3.63, 3.8) is 0 Å². The van der Waals surface area contributed by atoms with Crippen LogP contribution in [0.4, 0.5) is 0 Å². The molecule has 0 amide bonds. The molecular formula is C14H22O2Si. The zero-order valence-corrected chi connectivity index (χ0v) is 12.6. The Balaban J connectivity index is 3.06. The quantitative estimate of drug-likeness (QED) is 0.594. The first-order valence-corrected chi connectivity index (χ1v) is 8.83. The van der Waals surface area contributed by atoms with Crippen molar-refractivity contribution in [3.05, 3.63) is 29.3 Å². The van der Waals surface area contributed by atoms with Crippen molar-refractivity contribution in [2.24, 2.45) is 0 Å². The van der Waals surface area contributed by atoms with Crippen LogP contribution in [0.5, 0.6) is 5.75 Å². The van der Waals surface area contributed by atoms with Crippen LogP contribution in [0.25, 0.3) is 0 Å². The summed E-state index contributed by atoms with van der Waals surface area (Å²) in [5.74, 6) is 0.848. The largest absolute Gasteiger partial charge is 0.543 e. The van der Waals surface area contributed by atoms with E-state index >= 15 is 0 Å². The average Bonchev–Trinajstić information content (AvgIpc) is 2.19. The molecule has 3 heteroatoms. The van der Waals surface area contributed by atoms with Crippen LogP contribution in [0.2, 0.25) is 18.1 Å². The Bertz CT molecular complexity index is 417. The first-order chi connectivity index (χ1) is 7.67. The number of hydrogen-bond donors (Lipinski definition) is 0. The molecule has 0 fully saturated rings. The van der Waals surface area contributed by atoms with Gasteiger partial charge in [-0.15, -0.1) is 0 Å². The van der Waals surface area contributed by atoms with Crippen molar-refractivity contribution in [2.75, 3.05) is 0 Å². The molecule has 0 aromatic heterocycles. The smallest absolute Gasteiger partial charge is 0.250 e. The highest BCUT2D eigenvalue weighted by molar-refractivity contribution is 6.74. The van der Waals surface area contributed by atoms with E-state index in [-0.39, 0.29) is 5.04 Å². The van der Waals surface area contributed by atoms with E-state index in [1.165, 1.54) is 0 Å². The third-order valence-electron chi connectivity index (χ3n) is 3.52. The standard InChI is InChI=1S/C14H22O2Si/c1-11-7-8-12(10-15)9-13(11)16-17(5,6)14(2,3)4/h7-10H,1-6H3. The Morgan fingerprint density at radius 3 is 2.29 bits per heavy atom. The van der Waals surface area contributed by atoms with Gasteiger partial charge in [0.15, 0.2) is 0 Å². The molecule has 0 saturated heterocycles. The van der Waals surface area contributed by atoms with Gasteiger partial charge < -0.3 is 4.43 Å². The Labute approximate surface area is 105 Å². The fourth-order valence-electron chi connectivity index (χ4n) is 1.23. The second kappa shape index (κ2) is 4.65. The Kier molecular flexibility index (Phi) is 3.82. The van der Waals surface area contributed by atoms with Crippen LogP contribution in [0, 0.1) is 6.92 Å². The number of carbonyl (C=O) groups is 1. The molecule has 0 unspecified atom stereocenters. The minimum atomic E-state index is -1.83. The summed E-state index contributed by atoms with van der Waals surface area (Å²) in [7, 11) is -1.83. The van der Waals surface area contributed by atoms with Gasteiger partial charge in [0.25, 0.3) is 0 Å². The minimum absolute atomic E-state index is 0.163. The topological polar surface area (TPSA) is 26.3 Å². The molecule has 0 radical (unpaired) electrons. The molecule has 1 rings (SSSR count). The van der Waals surface area contributed by atoms with Gasteiger partial charge in [-0.2, -0.15) is 0 Å². The lowest BCUT2D eigenvalue weighted by atomic mass is 10.1. The summed E-state index contributed by atoms with van der Waals surface area (Å²) in [6.45, 7) is 13.0. The molecule has 0 aliphatic carbocycles. The Morgan fingerprint density at radius 2 is 1.82 bits per heavy atom. The predicted molar refractivity (Wildman–Crippen MR) is 74.4 cm³/mol. The Morgan fingerprint density at radius 1 is 1.24 bits per heavy atom. The molecule has 0 aliphatic rings. The van der Waals surface area contributed by atoms with Crippen LogP contribution < -0.4 is 4.43 Å². The van der Waals surface area contributed by atoms with E-state index in [4.69, 9.17) is 4.43 Å².